The number of anilines is 1. The number of rotatable bonds is 5. The summed E-state index contributed by atoms with van der Waals surface area (Å²) in [5, 5.41) is 3.22. The van der Waals surface area contributed by atoms with E-state index in [4.69, 9.17) is 0 Å². The largest absolute Gasteiger partial charge is 0.370 e. The van der Waals surface area contributed by atoms with Gasteiger partial charge in [0.25, 0.3) is 0 Å². The van der Waals surface area contributed by atoms with Crippen molar-refractivity contribution < 1.29 is 0 Å². The molecule has 112 valence electrons. The first-order valence-corrected chi connectivity index (χ1v) is 7.63. The molecule has 1 aromatic heterocycles. The van der Waals surface area contributed by atoms with Crippen LogP contribution >= 0.6 is 0 Å². The number of hydrogen-bond acceptors (Lipinski definition) is 4. The van der Waals surface area contributed by atoms with Gasteiger partial charge in [-0.15, -0.1) is 0 Å². The Morgan fingerprint density at radius 3 is 2.55 bits per heavy atom. The first-order chi connectivity index (χ1) is 9.60. The van der Waals surface area contributed by atoms with E-state index in [1.165, 1.54) is 25.1 Å². The summed E-state index contributed by atoms with van der Waals surface area (Å²) in [5.41, 5.74) is 2.37. The minimum Gasteiger partial charge on any atom is -0.370 e. The van der Waals surface area contributed by atoms with Gasteiger partial charge in [-0.2, -0.15) is 0 Å². The first-order valence-electron chi connectivity index (χ1n) is 7.63. The van der Waals surface area contributed by atoms with Crippen molar-refractivity contribution in [3.8, 4) is 0 Å². The van der Waals surface area contributed by atoms with Gasteiger partial charge in [-0.05, 0) is 59.0 Å². The summed E-state index contributed by atoms with van der Waals surface area (Å²) in [4.78, 5) is 9.35. The average molecular weight is 276 g/mol. The summed E-state index contributed by atoms with van der Waals surface area (Å²) in [6.45, 7) is 5.65. The molecule has 1 unspecified atom stereocenters. The maximum absolute atomic E-state index is 4.58. The van der Waals surface area contributed by atoms with Crippen molar-refractivity contribution >= 4 is 5.69 Å². The molecule has 0 radical (unpaired) electrons. The smallest absolute Gasteiger partial charge is 0.0571 e. The van der Waals surface area contributed by atoms with Gasteiger partial charge in [0, 0.05) is 25.7 Å². The minimum absolute atomic E-state index is 0.315. The topological polar surface area (TPSA) is 31.4 Å². The zero-order valence-corrected chi connectivity index (χ0v) is 13.3. The van der Waals surface area contributed by atoms with Crippen LogP contribution in [0.3, 0.4) is 0 Å². The van der Waals surface area contributed by atoms with Crippen molar-refractivity contribution in [2.45, 2.75) is 25.8 Å². The fraction of sp³-hybridized carbons (Fsp3) is 0.688. The van der Waals surface area contributed by atoms with Crippen LogP contribution in [0.4, 0.5) is 5.69 Å². The van der Waals surface area contributed by atoms with Crippen LogP contribution in [0, 0.1) is 5.92 Å². The molecule has 20 heavy (non-hydrogen) atoms. The van der Waals surface area contributed by atoms with Gasteiger partial charge in [-0.25, -0.2) is 0 Å². The molecule has 0 aliphatic carbocycles. The van der Waals surface area contributed by atoms with Gasteiger partial charge in [0.05, 0.1) is 17.6 Å². The normalized spacial score (nSPS) is 18.6. The highest BCUT2D eigenvalue weighted by Gasteiger charge is 2.20. The summed E-state index contributed by atoms with van der Waals surface area (Å²) >= 11 is 0. The first kappa shape index (κ1) is 15.3. The van der Waals surface area contributed by atoms with Gasteiger partial charge in [-0.3, -0.25) is 4.98 Å². The van der Waals surface area contributed by atoms with Crippen LogP contribution < -0.4 is 10.2 Å². The summed E-state index contributed by atoms with van der Waals surface area (Å²) in [6, 6.07) is 4.67. The number of piperidine rings is 1. The molecule has 0 bridgehead atoms. The van der Waals surface area contributed by atoms with E-state index < -0.39 is 0 Å². The molecule has 4 heteroatoms. The van der Waals surface area contributed by atoms with Gasteiger partial charge in [0.15, 0.2) is 0 Å². The van der Waals surface area contributed by atoms with Crippen LogP contribution in [-0.4, -0.2) is 50.7 Å². The molecule has 0 aromatic carbocycles. The fourth-order valence-electron chi connectivity index (χ4n) is 2.88. The van der Waals surface area contributed by atoms with E-state index in [1.807, 2.05) is 13.2 Å². The van der Waals surface area contributed by atoms with E-state index >= 15 is 0 Å². The Bertz CT molecular complexity index is 393. The summed E-state index contributed by atoms with van der Waals surface area (Å²) in [7, 11) is 6.30. The van der Waals surface area contributed by atoms with Gasteiger partial charge in [0.2, 0.25) is 0 Å². The molecule has 1 aliphatic rings. The number of aromatic nitrogens is 1. The van der Waals surface area contributed by atoms with Crippen LogP contribution in [0.2, 0.25) is 0 Å². The number of nitrogens with one attached hydrogen (secondary N) is 1. The molecule has 1 N–H and O–H groups in total. The summed E-state index contributed by atoms with van der Waals surface area (Å²) < 4.78 is 0. The maximum Gasteiger partial charge on any atom is 0.0571 e. The van der Waals surface area contributed by atoms with E-state index in [0.717, 1.165) is 24.7 Å². The van der Waals surface area contributed by atoms with Crippen molar-refractivity contribution in [3.63, 3.8) is 0 Å². The fourth-order valence-corrected chi connectivity index (χ4v) is 2.88. The Hall–Kier alpha value is -1.13. The van der Waals surface area contributed by atoms with Gasteiger partial charge in [-0.1, -0.05) is 0 Å². The number of pyridine rings is 1. The molecule has 0 spiro atoms. The van der Waals surface area contributed by atoms with E-state index in [2.05, 4.69) is 53.3 Å². The van der Waals surface area contributed by atoms with Crippen molar-refractivity contribution in [1.82, 2.24) is 15.2 Å². The molecule has 4 nitrogen and oxygen atoms in total. The third-order valence-corrected chi connectivity index (χ3v) is 4.25. The van der Waals surface area contributed by atoms with E-state index in [1.54, 1.807) is 0 Å². The Balaban J connectivity index is 1.90. The van der Waals surface area contributed by atoms with E-state index in [9.17, 15) is 0 Å². The third kappa shape index (κ3) is 3.93. The molecule has 1 aromatic rings. The Morgan fingerprint density at radius 2 is 2.05 bits per heavy atom. The molecule has 2 heterocycles. The van der Waals surface area contributed by atoms with E-state index in [-0.39, 0.29) is 0 Å². The van der Waals surface area contributed by atoms with Crippen molar-refractivity contribution in [2.24, 2.45) is 5.92 Å². The second kappa shape index (κ2) is 7.04. The minimum atomic E-state index is 0.315. The zero-order valence-electron chi connectivity index (χ0n) is 13.3. The summed E-state index contributed by atoms with van der Waals surface area (Å²) in [6.07, 6.45) is 4.59. The predicted octanol–water partition coefficient (Wildman–Crippen LogP) is 2.14. The molecule has 1 aliphatic heterocycles. The lowest BCUT2D eigenvalue weighted by molar-refractivity contribution is 0.285. The Labute approximate surface area is 123 Å². The molecule has 1 atom stereocenters. The molecule has 0 saturated carbocycles. The quantitative estimate of drug-likeness (QED) is 0.893. The predicted molar refractivity (Wildman–Crippen MR) is 85.2 cm³/mol. The number of hydrogen-bond donors (Lipinski definition) is 1. The van der Waals surface area contributed by atoms with Crippen molar-refractivity contribution in [3.05, 3.63) is 24.0 Å². The zero-order chi connectivity index (χ0) is 14.5. The molecular formula is C16H28N4. The van der Waals surface area contributed by atoms with Crippen molar-refractivity contribution in [1.29, 1.82) is 0 Å². The SMILES string of the molecule is CNC(C)c1ccc(N2CCC(CN(C)C)CC2)cn1. The van der Waals surface area contributed by atoms with E-state index in [0.29, 0.717) is 6.04 Å². The standard InChI is InChI=1S/C16H28N4/c1-13(17-2)16-6-5-15(11-18-16)20-9-7-14(8-10-20)12-19(3)4/h5-6,11,13-14,17H,7-10,12H2,1-4H3. The van der Waals surface area contributed by atoms with Gasteiger partial charge >= 0.3 is 0 Å². The molecule has 1 fully saturated rings. The van der Waals surface area contributed by atoms with Crippen LogP contribution in [0.25, 0.3) is 0 Å². The number of nitrogens with zero attached hydrogens (tertiary/aromatic N) is 3. The molecule has 2 rings (SSSR count). The second-order valence-electron chi connectivity index (χ2n) is 6.14. The van der Waals surface area contributed by atoms with Crippen molar-refractivity contribution in [2.75, 3.05) is 45.7 Å². The molecule has 1 saturated heterocycles. The maximum atomic E-state index is 4.58. The van der Waals surface area contributed by atoms with Crippen LogP contribution in [0.1, 0.15) is 31.5 Å². The molecule has 0 amide bonds. The lowest BCUT2D eigenvalue weighted by Crippen LogP contribution is -2.37. The average Bonchev–Trinajstić information content (AvgIpc) is 2.47. The van der Waals surface area contributed by atoms with Gasteiger partial charge in [0.1, 0.15) is 0 Å². The monoisotopic (exact) mass is 276 g/mol. The highest BCUT2D eigenvalue weighted by Crippen LogP contribution is 2.23. The third-order valence-electron chi connectivity index (χ3n) is 4.25. The lowest BCUT2D eigenvalue weighted by atomic mass is 9.96. The van der Waals surface area contributed by atoms with Crippen LogP contribution in [-0.2, 0) is 0 Å². The van der Waals surface area contributed by atoms with Gasteiger partial charge < -0.3 is 15.1 Å². The second-order valence-corrected chi connectivity index (χ2v) is 6.14. The molecular weight excluding hydrogens is 248 g/mol. The Kier molecular flexibility index (Phi) is 5.38. The Morgan fingerprint density at radius 1 is 1.35 bits per heavy atom. The van der Waals surface area contributed by atoms with Crippen LogP contribution in [0.5, 0.6) is 0 Å². The highest BCUT2D eigenvalue weighted by molar-refractivity contribution is 5.45. The van der Waals surface area contributed by atoms with Crippen LogP contribution in [0.15, 0.2) is 18.3 Å². The summed E-state index contributed by atoms with van der Waals surface area (Å²) in [5.74, 6) is 0.845. The highest BCUT2D eigenvalue weighted by atomic mass is 15.1. The lowest BCUT2D eigenvalue weighted by Gasteiger charge is -2.34.